The number of amides is 2. The summed E-state index contributed by atoms with van der Waals surface area (Å²) >= 11 is 1.18. The summed E-state index contributed by atoms with van der Waals surface area (Å²) in [6, 6.07) is 12.9. The Hall–Kier alpha value is -2.56. The van der Waals surface area contributed by atoms with Crippen molar-refractivity contribution in [2.45, 2.75) is 4.90 Å². The first-order valence-corrected chi connectivity index (χ1v) is 11.2. The van der Waals surface area contributed by atoms with E-state index in [9.17, 15) is 18.0 Å². The van der Waals surface area contributed by atoms with Crippen molar-refractivity contribution in [2.24, 2.45) is 0 Å². The average Bonchev–Trinajstić information content (AvgIpc) is 2.69. The molecule has 0 unspecified atom stereocenters. The van der Waals surface area contributed by atoms with Gasteiger partial charge in [0.1, 0.15) is 5.75 Å². The summed E-state index contributed by atoms with van der Waals surface area (Å²) in [6.07, 6.45) is 0. The molecule has 0 bridgehead atoms. The van der Waals surface area contributed by atoms with Crippen LogP contribution in [0.15, 0.2) is 53.4 Å². The standard InChI is InChI=1S/C19H23N3O5S2/c1-22(2)29(25,26)17-10-6-15(7-11-17)21-19(24)13-28-12-18(23)20-14-4-8-16(27-3)9-5-14/h4-11H,12-13H2,1-3H3,(H,20,23)(H,21,24). The molecule has 0 aliphatic carbocycles. The molecule has 2 aromatic carbocycles. The lowest BCUT2D eigenvalue weighted by Crippen LogP contribution is -2.22. The number of methoxy groups -OCH3 is 1. The van der Waals surface area contributed by atoms with E-state index < -0.39 is 10.0 Å². The number of nitrogens with zero attached hydrogens (tertiary/aromatic N) is 1. The number of hydrogen-bond acceptors (Lipinski definition) is 6. The summed E-state index contributed by atoms with van der Waals surface area (Å²) in [4.78, 5) is 24.1. The van der Waals surface area contributed by atoms with Crippen LogP contribution in [0.1, 0.15) is 0 Å². The maximum absolute atomic E-state index is 12.0. The van der Waals surface area contributed by atoms with Gasteiger partial charge in [0, 0.05) is 25.5 Å². The average molecular weight is 438 g/mol. The van der Waals surface area contributed by atoms with Crippen LogP contribution in [0.25, 0.3) is 0 Å². The number of sulfonamides is 1. The van der Waals surface area contributed by atoms with Crippen LogP contribution in [-0.2, 0) is 19.6 Å². The van der Waals surface area contributed by atoms with Crippen LogP contribution in [0, 0.1) is 0 Å². The zero-order valence-electron chi connectivity index (χ0n) is 16.3. The second-order valence-electron chi connectivity index (χ2n) is 6.13. The summed E-state index contributed by atoms with van der Waals surface area (Å²) in [7, 11) is 0.957. The smallest absolute Gasteiger partial charge is 0.242 e. The van der Waals surface area contributed by atoms with Crippen molar-refractivity contribution >= 4 is 45.0 Å². The molecule has 0 fully saturated rings. The number of hydrogen-bond donors (Lipinski definition) is 2. The molecule has 10 heteroatoms. The van der Waals surface area contributed by atoms with Crippen molar-refractivity contribution in [2.75, 3.05) is 43.3 Å². The molecule has 0 heterocycles. The quantitative estimate of drug-likeness (QED) is 0.624. The number of ether oxygens (including phenoxy) is 1. The van der Waals surface area contributed by atoms with E-state index in [2.05, 4.69) is 10.6 Å². The monoisotopic (exact) mass is 437 g/mol. The minimum atomic E-state index is -3.51. The van der Waals surface area contributed by atoms with E-state index in [4.69, 9.17) is 4.74 Å². The van der Waals surface area contributed by atoms with E-state index in [1.807, 2.05) is 0 Å². The van der Waals surface area contributed by atoms with Gasteiger partial charge in [-0.25, -0.2) is 12.7 Å². The third-order valence-corrected chi connectivity index (χ3v) is 6.52. The highest BCUT2D eigenvalue weighted by atomic mass is 32.2. The third-order valence-electron chi connectivity index (χ3n) is 3.76. The fourth-order valence-corrected chi connectivity index (χ4v) is 3.74. The van der Waals surface area contributed by atoms with Gasteiger partial charge in [-0.1, -0.05) is 0 Å². The van der Waals surface area contributed by atoms with Crippen LogP contribution >= 0.6 is 11.8 Å². The number of anilines is 2. The SMILES string of the molecule is COc1ccc(NC(=O)CSCC(=O)Nc2ccc(S(=O)(=O)N(C)C)cc2)cc1. The molecule has 0 aromatic heterocycles. The summed E-state index contributed by atoms with van der Waals surface area (Å²) in [6.45, 7) is 0. The first-order chi connectivity index (χ1) is 13.7. The lowest BCUT2D eigenvalue weighted by molar-refractivity contribution is -0.114. The Bertz CT molecular complexity index is 943. The fourth-order valence-electron chi connectivity index (χ4n) is 2.23. The molecular weight excluding hydrogens is 414 g/mol. The maximum atomic E-state index is 12.0. The first kappa shape index (κ1) is 22.7. The van der Waals surface area contributed by atoms with Gasteiger partial charge in [-0.15, -0.1) is 11.8 Å². The molecule has 0 aliphatic heterocycles. The molecule has 156 valence electrons. The van der Waals surface area contributed by atoms with Crippen LogP contribution in [0.5, 0.6) is 5.75 Å². The second-order valence-corrected chi connectivity index (χ2v) is 9.27. The molecule has 2 N–H and O–H groups in total. The lowest BCUT2D eigenvalue weighted by Gasteiger charge is -2.12. The molecule has 0 saturated heterocycles. The molecule has 0 radical (unpaired) electrons. The number of carbonyl (C=O) groups excluding carboxylic acids is 2. The molecular formula is C19H23N3O5S2. The van der Waals surface area contributed by atoms with Gasteiger partial charge in [0.05, 0.1) is 23.5 Å². The Balaban J connectivity index is 1.77. The first-order valence-electron chi connectivity index (χ1n) is 8.56. The van der Waals surface area contributed by atoms with Gasteiger partial charge >= 0.3 is 0 Å². The summed E-state index contributed by atoms with van der Waals surface area (Å²) in [5.41, 5.74) is 1.13. The Labute approximate surface area is 174 Å². The number of benzene rings is 2. The van der Waals surface area contributed by atoms with E-state index in [0.717, 1.165) is 4.31 Å². The number of carbonyl (C=O) groups is 2. The summed E-state index contributed by atoms with van der Waals surface area (Å²) in [5, 5.41) is 5.41. The Kier molecular flexibility index (Phi) is 8.06. The third kappa shape index (κ3) is 6.77. The topological polar surface area (TPSA) is 105 Å². The van der Waals surface area contributed by atoms with Gasteiger partial charge < -0.3 is 15.4 Å². The van der Waals surface area contributed by atoms with Crippen LogP contribution in [-0.4, -0.2) is 57.2 Å². The Morgan fingerprint density at radius 2 is 1.34 bits per heavy atom. The van der Waals surface area contributed by atoms with Crippen LogP contribution < -0.4 is 15.4 Å². The normalized spacial score (nSPS) is 11.2. The number of rotatable bonds is 9. The van der Waals surface area contributed by atoms with Gasteiger partial charge in [-0.3, -0.25) is 9.59 Å². The number of thioether (sulfide) groups is 1. The van der Waals surface area contributed by atoms with E-state index >= 15 is 0 Å². The van der Waals surface area contributed by atoms with Crippen molar-refractivity contribution in [3.63, 3.8) is 0 Å². The predicted octanol–water partition coefficient (Wildman–Crippen LogP) is 2.26. The van der Waals surface area contributed by atoms with Gasteiger partial charge in [-0.2, -0.15) is 0 Å². The van der Waals surface area contributed by atoms with Gasteiger partial charge in [0.15, 0.2) is 0 Å². The van der Waals surface area contributed by atoms with Crippen molar-refractivity contribution < 1.29 is 22.7 Å². The zero-order chi connectivity index (χ0) is 21.4. The van der Waals surface area contributed by atoms with E-state index in [-0.39, 0.29) is 28.2 Å². The van der Waals surface area contributed by atoms with Gasteiger partial charge in [0.2, 0.25) is 21.8 Å². The lowest BCUT2D eigenvalue weighted by atomic mass is 10.3. The zero-order valence-corrected chi connectivity index (χ0v) is 18.0. The highest BCUT2D eigenvalue weighted by molar-refractivity contribution is 8.00. The summed E-state index contributed by atoms with van der Waals surface area (Å²) in [5.74, 6) is 0.413. The number of nitrogens with one attached hydrogen (secondary N) is 2. The van der Waals surface area contributed by atoms with E-state index in [1.165, 1.54) is 50.1 Å². The van der Waals surface area contributed by atoms with Crippen molar-refractivity contribution in [1.29, 1.82) is 0 Å². The van der Waals surface area contributed by atoms with Crippen LogP contribution in [0.4, 0.5) is 11.4 Å². The van der Waals surface area contributed by atoms with Crippen LogP contribution in [0.3, 0.4) is 0 Å². The molecule has 2 aromatic rings. The Morgan fingerprint density at radius 1 is 0.897 bits per heavy atom. The summed E-state index contributed by atoms with van der Waals surface area (Å²) < 4.78 is 30.2. The molecule has 0 aliphatic rings. The van der Waals surface area contributed by atoms with E-state index in [1.54, 1.807) is 31.4 Å². The molecule has 0 saturated carbocycles. The molecule has 0 spiro atoms. The minimum Gasteiger partial charge on any atom is -0.497 e. The molecule has 0 atom stereocenters. The predicted molar refractivity (Wildman–Crippen MR) is 115 cm³/mol. The van der Waals surface area contributed by atoms with Gasteiger partial charge in [0.25, 0.3) is 0 Å². The second kappa shape index (κ2) is 10.3. The van der Waals surface area contributed by atoms with Gasteiger partial charge in [-0.05, 0) is 48.5 Å². The minimum absolute atomic E-state index is 0.0911. The van der Waals surface area contributed by atoms with Crippen molar-refractivity contribution in [3.05, 3.63) is 48.5 Å². The van der Waals surface area contributed by atoms with Crippen LogP contribution in [0.2, 0.25) is 0 Å². The highest BCUT2D eigenvalue weighted by Gasteiger charge is 2.16. The maximum Gasteiger partial charge on any atom is 0.242 e. The molecule has 2 rings (SSSR count). The van der Waals surface area contributed by atoms with E-state index in [0.29, 0.717) is 17.1 Å². The molecule has 29 heavy (non-hydrogen) atoms. The molecule has 2 amide bonds. The molecule has 8 nitrogen and oxygen atoms in total. The Morgan fingerprint density at radius 3 is 1.76 bits per heavy atom. The fraction of sp³-hybridized carbons (Fsp3) is 0.263. The highest BCUT2D eigenvalue weighted by Crippen LogP contribution is 2.17. The largest absolute Gasteiger partial charge is 0.497 e. The van der Waals surface area contributed by atoms with Crippen molar-refractivity contribution in [3.8, 4) is 5.75 Å². The van der Waals surface area contributed by atoms with Crippen molar-refractivity contribution in [1.82, 2.24) is 4.31 Å².